The van der Waals surface area contributed by atoms with Gasteiger partial charge in [-0.25, -0.2) is 9.78 Å². The molecule has 0 unspecified atom stereocenters. The molecule has 2 aromatic heterocycles. The number of methoxy groups -OCH3 is 1. The van der Waals surface area contributed by atoms with Gasteiger partial charge in [0.1, 0.15) is 11.4 Å². The molecule has 0 N–H and O–H groups in total. The summed E-state index contributed by atoms with van der Waals surface area (Å²) >= 11 is 0. The second kappa shape index (κ2) is 7.13. The minimum absolute atomic E-state index is 0.453. The molecule has 0 aliphatic heterocycles. The number of aromatic nitrogens is 2. The van der Waals surface area contributed by atoms with E-state index in [2.05, 4.69) is 4.98 Å². The molecule has 6 nitrogen and oxygen atoms in total. The van der Waals surface area contributed by atoms with Gasteiger partial charge >= 0.3 is 6.09 Å². The van der Waals surface area contributed by atoms with E-state index in [-0.39, 0.29) is 0 Å². The maximum absolute atomic E-state index is 12.9. The molecule has 0 fully saturated rings. The van der Waals surface area contributed by atoms with Crippen molar-refractivity contribution in [2.75, 3.05) is 7.11 Å². The van der Waals surface area contributed by atoms with Gasteiger partial charge in [0, 0.05) is 22.7 Å². The van der Waals surface area contributed by atoms with E-state index in [9.17, 15) is 4.79 Å². The van der Waals surface area contributed by atoms with E-state index in [0.29, 0.717) is 11.3 Å². The van der Waals surface area contributed by atoms with Crippen molar-refractivity contribution < 1.29 is 18.7 Å². The number of benzene rings is 2. The molecule has 0 aliphatic rings. The smallest absolute Gasteiger partial charge is 0.419 e. The van der Waals surface area contributed by atoms with E-state index < -0.39 is 11.7 Å². The summed E-state index contributed by atoms with van der Waals surface area (Å²) in [5, 5.41) is 0.861. The summed E-state index contributed by atoms with van der Waals surface area (Å²) in [4.78, 5) is 16.9. The van der Waals surface area contributed by atoms with E-state index in [0.717, 1.165) is 27.8 Å². The number of fused-ring (bicyclic) bond motifs is 1. The Hall–Kier alpha value is -3.54. The summed E-state index contributed by atoms with van der Waals surface area (Å²) < 4.78 is 18.2. The first-order valence-electron chi connectivity index (χ1n) is 9.29. The third-order valence-corrected chi connectivity index (χ3v) is 4.51. The topological polar surface area (TPSA) is 66.5 Å². The van der Waals surface area contributed by atoms with Crippen LogP contribution in [0.3, 0.4) is 0 Å². The zero-order valence-electron chi connectivity index (χ0n) is 16.8. The molecule has 2 heterocycles. The Morgan fingerprint density at radius 1 is 1.03 bits per heavy atom. The van der Waals surface area contributed by atoms with Crippen LogP contribution in [0.4, 0.5) is 4.79 Å². The zero-order valence-corrected chi connectivity index (χ0v) is 16.8. The van der Waals surface area contributed by atoms with Gasteiger partial charge in [-0.3, -0.25) is 4.57 Å². The summed E-state index contributed by atoms with van der Waals surface area (Å²) in [6.07, 6.45) is 4.29. The average molecular weight is 390 g/mol. The first kappa shape index (κ1) is 18.8. The maximum atomic E-state index is 12.9. The van der Waals surface area contributed by atoms with Crippen LogP contribution in [0.2, 0.25) is 0 Å². The first-order chi connectivity index (χ1) is 13.9. The molecule has 148 valence electrons. The number of carbonyl (C=O) groups excluding carboxylic acids is 1. The molecule has 0 atom stereocenters. The van der Waals surface area contributed by atoms with Crippen molar-refractivity contribution in [3.05, 3.63) is 61.3 Å². The SMILES string of the molecule is COc1ccccc1-c1cccc2c1c(-c1cnco1)cn2C(=O)OC(C)(C)C. The van der Waals surface area contributed by atoms with Crippen molar-refractivity contribution in [3.8, 4) is 28.2 Å². The standard InChI is InChI=1S/C23H22N2O4/c1-23(2,3)29-22(26)25-13-17(20-12-24-14-28-20)21-16(9-7-10-18(21)25)15-8-5-6-11-19(15)27-4/h5-14H,1-4H3. The quantitative estimate of drug-likeness (QED) is 0.445. The van der Waals surface area contributed by atoms with Gasteiger partial charge in [0.2, 0.25) is 0 Å². The van der Waals surface area contributed by atoms with Gasteiger partial charge in [-0.2, -0.15) is 0 Å². The Balaban J connectivity index is 2.01. The van der Waals surface area contributed by atoms with Gasteiger partial charge in [-0.15, -0.1) is 0 Å². The number of hydrogen-bond acceptors (Lipinski definition) is 5. The highest BCUT2D eigenvalue weighted by Crippen LogP contribution is 2.41. The van der Waals surface area contributed by atoms with Crippen LogP contribution < -0.4 is 4.74 Å². The minimum atomic E-state index is -0.611. The van der Waals surface area contributed by atoms with Gasteiger partial charge in [-0.1, -0.05) is 30.3 Å². The van der Waals surface area contributed by atoms with Crippen molar-refractivity contribution >= 4 is 17.0 Å². The summed E-state index contributed by atoms with van der Waals surface area (Å²) in [5.41, 5.74) is 2.70. The molecule has 0 spiro atoms. The molecule has 4 rings (SSSR count). The second-order valence-corrected chi connectivity index (χ2v) is 7.66. The third-order valence-electron chi connectivity index (χ3n) is 4.51. The number of carbonyl (C=O) groups is 1. The van der Waals surface area contributed by atoms with Crippen LogP contribution in [0.15, 0.2) is 65.7 Å². The summed E-state index contributed by atoms with van der Waals surface area (Å²) in [5.74, 6) is 1.31. The van der Waals surface area contributed by atoms with Crippen LogP contribution in [-0.4, -0.2) is 28.4 Å². The highest BCUT2D eigenvalue weighted by molar-refractivity contribution is 6.08. The minimum Gasteiger partial charge on any atom is -0.496 e. The molecule has 0 saturated carbocycles. The molecule has 0 radical (unpaired) electrons. The van der Waals surface area contributed by atoms with Crippen molar-refractivity contribution in [2.45, 2.75) is 26.4 Å². The normalized spacial score (nSPS) is 11.6. The molecule has 2 aromatic carbocycles. The highest BCUT2D eigenvalue weighted by atomic mass is 16.6. The maximum Gasteiger partial charge on any atom is 0.419 e. The van der Waals surface area contributed by atoms with Gasteiger partial charge in [0.25, 0.3) is 0 Å². The average Bonchev–Trinajstić information content (AvgIpc) is 3.34. The van der Waals surface area contributed by atoms with Crippen molar-refractivity contribution in [1.29, 1.82) is 0 Å². The molecule has 0 amide bonds. The Kier molecular flexibility index (Phi) is 4.62. The van der Waals surface area contributed by atoms with Crippen molar-refractivity contribution in [1.82, 2.24) is 9.55 Å². The van der Waals surface area contributed by atoms with E-state index >= 15 is 0 Å². The highest BCUT2D eigenvalue weighted by Gasteiger charge is 2.24. The fourth-order valence-corrected chi connectivity index (χ4v) is 3.38. The fraction of sp³-hybridized carbons (Fsp3) is 0.217. The summed E-state index contributed by atoms with van der Waals surface area (Å²) in [6.45, 7) is 5.52. The number of para-hydroxylation sites is 1. The number of rotatable bonds is 3. The van der Waals surface area contributed by atoms with Gasteiger partial charge < -0.3 is 13.9 Å². The van der Waals surface area contributed by atoms with Crippen molar-refractivity contribution in [2.24, 2.45) is 0 Å². The Labute approximate surface area is 168 Å². The number of ether oxygens (including phenoxy) is 2. The van der Waals surface area contributed by atoms with Gasteiger partial charge in [0.05, 0.1) is 18.8 Å². The lowest BCUT2D eigenvalue weighted by Crippen LogP contribution is -2.26. The van der Waals surface area contributed by atoms with E-state index in [1.165, 1.54) is 11.0 Å². The molecule has 0 aliphatic carbocycles. The number of nitrogens with zero attached hydrogens (tertiary/aromatic N) is 2. The first-order valence-corrected chi connectivity index (χ1v) is 9.29. The molecule has 0 bridgehead atoms. The van der Waals surface area contributed by atoms with Crippen LogP contribution >= 0.6 is 0 Å². The fourth-order valence-electron chi connectivity index (χ4n) is 3.38. The van der Waals surface area contributed by atoms with Crippen molar-refractivity contribution in [3.63, 3.8) is 0 Å². The summed E-state index contributed by atoms with van der Waals surface area (Å²) in [7, 11) is 1.64. The van der Waals surface area contributed by atoms with Crippen LogP contribution in [0, 0.1) is 0 Å². The Morgan fingerprint density at radius 3 is 2.48 bits per heavy atom. The summed E-state index contributed by atoms with van der Waals surface area (Å²) in [6, 6.07) is 13.6. The van der Waals surface area contributed by atoms with E-state index in [4.69, 9.17) is 13.9 Å². The third kappa shape index (κ3) is 3.49. The molecule has 6 heteroatoms. The second-order valence-electron chi connectivity index (χ2n) is 7.66. The van der Waals surface area contributed by atoms with Crippen LogP contribution in [-0.2, 0) is 4.74 Å². The van der Waals surface area contributed by atoms with Crippen LogP contribution in [0.5, 0.6) is 5.75 Å². The van der Waals surface area contributed by atoms with Gasteiger partial charge in [0.15, 0.2) is 12.2 Å². The van der Waals surface area contributed by atoms with Gasteiger partial charge in [-0.05, 0) is 38.5 Å². The Morgan fingerprint density at radius 2 is 1.79 bits per heavy atom. The molecule has 4 aromatic rings. The number of hydrogen-bond donors (Lipinski definition) is 0. The molecule has 0 saturated heterocycles. The molecule has 29 heavy (non-hydrogen) atoms. The monoisotopic (exact) mass is 390 g/mol. The lowest BCUT2D eigenvalue weighted by Gasteiger charge is -2.19. The predicted octanol–water partition coefficient (Wildman–Crippen LogP) is 5.76. The lowest BCUT2D eigenvalue weighted by molar-refractivity contribution is 0.0544. The van der Waals surface area contributed by atoms with Crippen LogP contribution in [0.1, 0.15) is 20.8 Å². The lowest BCUT2D eigenvalue weighted by atomic mass is 9.98. The Bertz CT molecular complexity index is 1170. The van der Waals surface area contributed by atoms with Crippen LogP contribution in [0.25, 0.3) is 33.4 Å². The zero-order chi connectivity index (χ0) is 20.6. The largest absolute Gasteiger partial charge is 0.496 e. The van der Waals surface area contributed by atoms with E-state index in [1.54, 1.807) is 19.5 Å². The molecular weight excluding hydrogens is 368 g/mol. The van der Waals surface area contributed by atoms with E-state index in [1.807, 2.05) is 63.2 Å². The number of oxazole rings is 1. The predicted molar refractivity (Wildman–Crippen MR) is 111 cm³/mol. The molecular formula is C23H22N2O4.